The summed E-state index contributed by atoms with van der Waals surface area (Å²) in [5.41, 5.74) is 3.95. The molecule has 0 saturated heterocycles. The number of benzene rings is 1. The molecule has 0 aliphatic carbocycles. The van der Waals surface area contributed by atoms with Crippen LogP contribution in [0.5, 0.6) is 0 Å². The Bertz CT molecular complexity index is 1140. The average molecular weight is 406 g/mol. The number of tetrazole rings is 1. The molecule has 4 aromatic rings. The Morgan fingerprint density at radius 1 is 1.07 bits per heavy atom. The number of aromatic nitrogens is 7. The summed E-state index contributed by atoms with van der Waals surface area (Å²) in [6.45, 7) is 4.06. The topological polar surface area (TPSA) is 103 Å². The van der Waals surface area contributed by atoms with Crippen molar-refractivity contribution in [3.05, 3.63) is 66.1 Å². The lowest BCUT2D eigenvalue weighted by molar-refractivity contribution is -0.113. The van der Waals surface area contributed by atoms with Crippen molar-refractivity contribution in [3.63, 3.8) is 0 Å². The highest BCUT2D eigenvalue weighted by Crippen LogP contribution is 2.22. The van der Waals surface area contributed by atoms with E-state index in [1.807, 2.05) is 44.2 Å². The predicted octanol–water partition coefficient (Wildman–Crippen LogP) is 2.59. The van der Waals surface area contributed by atoms with Crippen molar-refractivity contribution in [2.45, 2.75) is 19.0 Å². The SMILES string of the molecule is Cc1cccc(-n2nnnc2SCC(=O)Nc2ccnn2-c2ccncc2)c1C. The van der Waals surface area contributed by atoms with Crippen molar-refractivity contribution in [2.24, 2.45) is 0 Å². The van der Waals surface area contributed by atoms with Gasteiger partial charge in [0.25, 0.3) is 0 Å². The first kappa shape index (κ1) is 18.8. The highest BCUT2D eigenvalue weighted by molar-refractivity contribution is 7.99. The van der Waals surface area contributed by atoms with Gasteiger partial charge in [0, 0.05) is 18.5 Å². The van der Waals surface area contributed by atoms with Crippen molar-refractivity contribution in [1.29, 1.82) is 0 Å². The van der Waals surface area contributed by atoms with Gasteiger partial charge in [-0.15, -0.1) is 5.10 Å². The van der Waals surface area contributed by atoms with Crippen LogP contribution in [0, 0.1) is 13.8 Å². The number of hydrogen-bond acceptors (Lipinski definition) is 7. The first-order chi connectivity index (χ1) is 14.1. The molecule has 0 radical (unpaired) electrons. The molecule has 0 atom stereocenters. The van der Waals surface area contributed by atoms with Crippen LogP contribution in [0.1, 0.15) is 11.1 Å². The average Bonchev–Trinajstić information content (AvgIpc) is 3.38. The fraction of sp³-hybridized carbons (Fsp3) is 0.158. The van der Waals surface area contributed by atoms with Gasteiger partial charge in [-0.05, 0) is 53.6 Å². The van der Waals surface area contributed by atoms with Crippen LogP contribution >= 0.6 is 11.8 Å². The van der Waals surface area contributed by atoms with Crippen LogP contribution in [-0.4, -0.2) is 46.6 Å². The molecule has 4 rings (SSSR count). The minimum Gasteiger partial charge on any atom is -0.310 e. The number of thioether (sulfide) groups is 1. The monoisotopic (exact) mass is 406 g/mol. The zero-order valence-electron chi connectivity index (χ0n) is 15.9. The summed E-state index contributed by atoms with van der Waals surface area (Å²) >= 11 is 1.27. The number of nitrogens with zero attached hydrogens (tertiary/aromatic N) is 7. The van der Waals surface area contributed by atoms with Crippen molar-refractivity contribution < 1.29 is 4.79 Å². The molecule has 0 aliphatic heterocycles. The van der Waals surface area contributed by atoms with Gasteiger partial charge in [0.15, 0.2) is 0 Å². The summed E-state index contributed by atoms with van der Waals surface area (Å²) in [6.07, 6.45) is 4.97. The van der Waals surface area contributed by atoms with Crippen molar-refractivity contribution in [3.8, 4) is 11.4 Å². The van der Waals surface area contributed by atoms with Crippen LogP contribution in [0.4, 0.5) is 5.82 Å². The maximum atomic E-state index is 12.5. The third-order valence-corrected chi connectivity index (χ3v) is 5.31. The predicted molar refractivity (Wildman–Crippen MR) is 109 cm³/mol. The molecule has 1 N–H and O–H groups in total. The second kappa shape index (κ2) is 8.23. The number of carbonyl (C=O) groups excluding carboxylic acids is 1. The number of pyridine rings is 1. The molecule has 0 spiro atoms. The normalized spacial score (nSPS) is 10.8. The zero-order valence-corrected chi connectivity index (χ0v) is 16.7. The molecule has 0 fully saturated rings. The van der Waals surface area contributed by atoms with Gasteiger partial charge < -0.3 is 5.32 Å². The lowest BCUT2D eigenvalue weighted by atomic mass is 10.1. The van der Waals surface area contributed by atoms with Crippen LogP contribution in [0.3, 0.4) is 0 Å². The highest BCUT2D eigenvalue weighted by atomic mass is 32.2. The molecule has 1 aromatic carbocycles. The first-order valence-electron chi connectivity index (χ1n) is 8.85. The fourth-order valence-electron chi connectivity index (χ4n) is 2.78. The third-order valence-electron chi connectivity index (χ3n) is 4.39. The molecule has 10 heteroatoms. The summed E-state index contributed by atoms with van der Waals surface area (Å²) in [5, 5.41) is 19.6. The molecule has 3 aromatic heterocycles. The number of hydrogen-bond donors (Lipinski definition) is 1. The quantitative estimate of drug-likeness (QED) is 0.491. The van der Waals surface area contributed by atoms with E-state index in [9.17, 15) is 4.79 Å². The van der Waals surface area contributed by atoms with E-state index in [-0.39, 0.29) is 11.7 Å². The smallest absolute Gasteiger partial charge is 0.236 e. The van der Waals surface area contributed by atoms with Gasteiger partial charge in [0.05, 0.1) is 23.3 Å². The lowest BCUT2D eigenvalue weighted by Gasteiger charge is -2.10. The van der Waals surface area contributed by atoms with E-state index in [4.69, 9.17) is 0 Å². The third kappa shape index (κ3) is 4.02. The Balaban J connectivity index is 1.45. The Morgan fingerprint density at radius 2 is 1.90 bits per heavy atom. The molecule has 0 aliphatic rings. The van der Waals surface area contributed by atoms with Gasteiger partial charge in [0.1, 0.15) is 5.82 Å². The number of carbonyl (C=O) groups is 1. The number of anilines is 1. The lowest BCUT2D eigenvalue weighted by Crippen LogP contribution is -2.17. The summed E-state index contributed by atoms with van der Waals surface area (Å²) in [6, 6.07) is 11.3. The number of nitrogens with one attached hydrogen (secondary N) is 1. The Hall–Kier alpha value is -3.53. The highest BCUT2D eigenvalue weighted by Gasteiger charge is 2.15. The zero-order chi connectivity index (χ0) is 20.2. The van der Waals surface area contributed by atoms with Crippen LogP contribution in [0.25, 0.3) is 11.4 Å². The number of aryl methyl sites for hydroxylation is 1. The van der Waals surface area contributed by atoms with Crippen LogP contribution in [0.15, 0.2) is 60.1 Å². The van der Waals surface area contributed by atoms with E-state index in [0.717, 1.165) is 22.5 Å². The molecule has 146 valence electrons. The van der Waals surface area contributed by atoms with Crippen molar-refractivity contribution in [1.82, 2.24) is 35.0 Å². The van der Waals surface area contributed by atoms with Crippen molar-refractivity contribution >= 4 is 23.5 Å². The van der Waals surface area contributed by atoms with E-state index in [1.54, 1.807) is 34.0 Å². The summed E-state index contributed by atoms with van der Waals surface area (Å²) in [4.78, 5) is 16.5. The van der Waals surface area contributed by atoms with E-state index < -0.39 is 0 Å². The largest absolute Gasteiger partial charge is 0.310 e. The van der Waals surface area contributed by atoms with Crippen LogP contribution < -0.4 is 5.32 Å². The number of rotatable bonds is 6. The summed E-state index contributed by atoms with van der Waals surface area (Å²) < 4.78 is 3.30. The number of amides is 1. The Kier molecular flexibility index (Phi) is 5.34. The fourth-order valence-corrected chi connectivity index (χ4v) is 3.47. The molecular weight excluding hydrogens is 388 g/mol. The molecule has 3 heterocycles. The van der Waals surface area contributed by atoms with E-state index in [0.29, 0.717) is 11.0 Å². The standard InChI is InChI=1S/C19H18N8OS/c1-13-4-3-5-16(14(13)2)27-19(23-24-25-27)29-12-18(28)22-17-8-11-21-26(17)15-6-9-20-10-7-15/h3-11H,12H2,1-2H3,(H,22,28). The van der Waals surface area contributed by atoms with Gasteiger partial charge in [-0.1, -0.05) is 23.9 Å². The van der Waals surface area contributed by atoms with Gasteiger partial charge >= 0.3 is 0 Å². The molecule has 0 unspecified atom stereocenters. The van der Waals surface area contributed by atoms with E-state index in [2.05, 4.69) is 30.9 Å². The van der Waals surface area contributed by atoms with Gasteiger partial charge in [-0.3, -0.25) is 9.78 Å². The Labute approximate surface area is 171 Å². The summed E-state index contributed by atoms with van der Waals surface area (Å²) in [7, 11) is 0. The van der Waals surface area contributed by atoms with Gasteiger partial charge in [-0.25, -0.2) is 4.68 Å². The maximum Gasteiger partial charge on any atom is 0.236 e. The van der Waals surface area contributed by atoms with E-state index >= 15 is 0 Å². The summed E-state index contributed by atoms with van der Waals surface area (Å²) in [5.74, 6) is 0.560. The molecular formula is C19H18N8OS. The van der Waals surface area contributed by atoms with Gasteiger partial charge in [-0.2, -0.15) is 9.78 Å². The van der Waals surface area contributed by atoms with E-state index in [1.165, 1.54) is 11.8 Å². The molecule has 0 bridgehead atoms. The second-order valence-corrected chi connectivity index (χ2v) is 7.21. The molecule has 1 amide bonds. The van der Waals surface area contributed by atoms with Gasteiger partial charge in [0.2, 0.25) is 11.1 Å². The molecule has 29 heavy (non-hydrogen) atoms. The van der Waals surface area contributed by atoms with Crippen LogP contribution in [0.2, 0.25) is 0 Å². The molecule has 9 nitrogen and oxygen atoms in total. The first-order valence-corrected chi connectivity index (χ1v) is 9.84. The van der Waals surface area contributed by atoms with Crippen LogP contribution in [-0.2, 0) is 4.79 Å². The van der Waals surface area contributed by atoms with Crippen molar-refractivity contribution in [2.75, 3.05) is 11.1 Å². The second-order valence-electron chi connectivity index (χ2n) is 6.26. The molecule has 0 saturated carbocycles. The minimum absolute atomic E-state index is 0.159. The Morgan fingerprint density at radius 3 is 2.72 bits per heavy atom. The minimum atomic E-state index is -0.179. The maximum absolute atomic E-state index is 12.5.